The number of rotatable bonds is 20. The van der Waals surface area contributed by atoms with E-state index in [2.05, 4.69) is 73.3 Å². The third-order valence-electron chi connectivity index (χ3n) is 7.28. The Morgan fingerprint density at radius 1 is 0.606 bits per heavy atom. The standard InChI is InChI=1S/C31H54N2/c1-4-5-6-7-8-9-10-11-12-13-14-15-16-17-18-19-23-26-31-32(29(2)3)27-28-33(31)30-24-21-20-22-25-30/h20-22,24-25,27-29,31H,4-19,23,26H2,1-3H3. The first-order valence-electron chi connectivity index (χ1n) is 14.5. The predicted molar refractivity (Wildman–Crippen MR) is 148 cm³/mol. The maximum atomic E-state index is 2.53. The fourth-order valence-electron chi connectivity index (χ4n) is 5.21. The third-order valence-corrected chi connectivity index (χ3v) is 7.28. The van der Waals surface area contributed by atoms with E-state index in [1.165, 1.54) is 121 Å². The lowest BCUT2D eigenvalue weighted by atomic mass is 10.0. The zero-order chi connectivity index (χ0) is 23.6. The SMILES string of the molecule is CCCCCCCCCCCCCCCCCCCC1N(c2ccccc2)C=CN1C(C)C. The first-order chi connectivity index (χ1) is 16.2. The van der Waals surface area contributed by atoms with E-state index in [-0.39, 0.29) is 0 Å². The third kappa shape index (κ3) is 11.5. The average molecular weight is 455 g/mol. The van der Waals surface area contributed by atoms with Gasteiger partial charge in [0.1, 0.15) is 6.17 Å². The van der Waals surface area contributed by atoms with Crippen LogP contribution in [-0.2, 0) is 0 Å². The van der Waals surface area contributed by atoms with E-state index in [1.807, 2.05) is 0 Å². The summed E-state index contributed by atoms with van der Waals surface area (Å²) in [7, 11) is 0. The highest BCUT2D eigenvalue weighted by atomic mass is 15.4. The molecule has 1 aromatic carbocycles. The van der Waals surface area contributed by atoms with Gasteiger partial charge in [-0.1, -0.05) is 128 Å². The van der Waals surface area contributed by atoms with Crippen molar-refractivity contribution in [2.24, 2.45) is 0 Å². The predicted octanol–water partition coefficient (Wildman–Crippen LogP) is 10.1. The number of hydrogen-bond donors (Lipinski definition) is 0. The second-order valence-corrected chi connectivity index (χ2v) is 10.5. The van der Waals surface area contributed by atoms with Gasteiger partial charge in [0.25, 0.3) is 0 Å². The van der Waals surface area contributed by atoms with Crippen molar-refractivity contribution in [1.29, 1.82) is 0 Å². The van der Waals surface area contributed by atoms with E-state index in [4.69, 9.17) is 0 Å². The number of nitrogens with zero attached hydrogens (tertiary/aromatic N) is 2. The summed E-state index contributed by atoms with van der Waals surface area (Å²) in [5, 5.41) is 0. The van der Waals surface area contributed by atoms with Gasteiger partial charge in [-0.3, -0.25) is 0 Å². The van der Waals surface area contributed by atoms with Crippen molar-refractivity contribution in [2.45, 2.75) is 149 Å². The molecule has 0 amide bonds. The molecule has 188 valence electrons. The van der Waals surface area contributed by atoms with Crippen molar-refractivity contribution in [1.82, 2.24) is 4.90 Å². The van der Waals surface area contributed by atoms with Gasteiger partial charge in [0.2, 0.25) is 0 Å². The van der Waals surface area contributed by atoms with Crippen LogP contribution in [-0.4, -0.2) is 17.1 Å². The Hall–Kier alpha value is -1.44. The molecule has 0 spiro atoms. The lowest BCUT2D eigenvalue weighted by molar-refractivity contribution is 0.233. The van der Waals surface area contributed by atoms with Crippen LogP contribution in [0.5, 0.6) is 0 Å². The first kappa shape index (κ1) is 27.8. The number of para-hydroxylation sites is 1. The molecule has 0 radical (unpaired) electrons. The Balaban J connectivity index is 1.44. The molecule has 0 aliphatic carbocycles. The highest BCUT2D eigenvalue weighted by Crippen LogP contribution is 2.29. The van der Waals surface area contributed by atoms with E-state index in [1.54, 1.807) is 0 Å². The van der Waals surface area contributed by atoms with Crippen LogP contribution < -0.4 is 4.90 Å². The minimum Gasteiger partial charge on any atom is -0.353 e. The summed E-state index contributed by atoms with van der Waals surface area (Å²) in [4.78, 5) is 4.99. The van der Waals surface area contributed by atoms with Gasteiger partial charge in [-0.15, -0.1) is 0 Å². The molecule has 1 heterocycles. The summed E-state index contributed by atoms with van der Waals surface area (Å²) < 4.78 is 0. The Morgan fingerprint density at radius 3 is 1.52 bits per heavy atom. The molecular formula is C31H54N2. The van der Waals surface area contributed by atoms with Crippen molar-refractivity contribution >= 4 is 5.69 Å². The van der Waals surface area contributed by atoms with Crippen LogP contribution in [0.15, 0.2) is 42.7 Å². The molecule has 0 saturated carbocycles. The molecule has 2 nitrogen and oxygen atoms in total. The average Bonchev–Trinajstić information content (AvgIpc) is 3.26. The quantitative estimate of drug-likeness (QED) is 0.181. The molecule has 0 N–H and O–H groups in total. The molecule has 0 saturated heterocycles. The van der Waals surface area contributed by atoms with Crippen LogP contribution in [0.2, 0.25) is 0 Å². The zero-order valence-electron chi connectivity index (χ0n) is 22.3. The number of anilines is 1. The van der Waals surface area contributed by atoms with Gasteiger partial charge < -0.3 is 9.80 Å². The zero-order valence-corrected chi connectivity index (χ0v) is 22.3. The van der Waals surface area contributed by atoms with Gasteiger partial charge in [0.15, 0.2) is 0 Å². The summed E-state index contributed by atoms with van der Waals surface area (Å²) in [6.07, 6.45) is 30.7. The summed E-state index contributed by atoms with van der Waals surface area (Å²) in [6.45, 7) is 6.91. The van der Waals surface area contributed by atoms with Crippen LogP contribution >= 0.6 is 0 Å². The van der Waals surface area contributed by atoms with E-state index < -0.39 is 0 Å². The second kappa shape index (κ2) is 18.0. The molecule has 0 bridgehead atoms. The molecule has 1 atom stereocenters. The largest absolute Gasteiger partial charge is 0.353 e. The van der Waals surface area contributed by atoms with Crippen molar-refractivity contribution in [3.8, 4) is 0 Å². The molecular weight excluding hydrogens is 400 g/mol. The summed E-state index contributed by atoms with van der Waals surface area (Å²) in [5.41, 5.74) is 1.31. The smallest absolute Gasteiger partial charge is 0.106 e. The lowest BCUT2D eigenvalue weighted by Gasteiger charge is -2.35. The Bertz CT molecular complexity index is 594. The highest BCUT2D eigenvalue weighted by Gasteiger charge is 2.28. The topological polar surface area (TPSA) is 6.48 Å². The Labute approximate surface area is 206 Å². The van der Waals surface area contributed by atoms with Gasteiger partial charge in [-0.05, 0) is 38.8 Å². The normalized spacial score (nSPS) is 15.8. The van der Waals surface area contributed by atoms with Gasteiger partial charge in [-0.2, -0.15) is 0 Å². The number of benzene rings is 1. The Kier molecular flexibility index (Phi) is 15.1. The molecule has 1 unspecified atom stereocenters. The van der Waals surface area contributed by atoms with Crippen LogP contribution in [0, 0.1) is 0 Å². The minimum absolute atomic E-state index is 0.476. The van der Waals surface area contributed by atoms with Gasteiger partial charge in [0, 0.05) is 24.1 Å². The van der Waals surface area contributed by atoms with Crippen molar-refractivity contribution in [3.63, 3.8) is 0 Å². The van der Waals surface area contributed by atoms with E-state index in [9.17, 15) is 0 Å². The van der Waals surface area contributed by atoms with E-state index >= 15 is 0 Å². The molecule has 2 heteroatoms. The first-order valence-corrected chi connectivity index (χ1v) is 14.5. The summed E-state index contributed by atoms with van der Waals surface area (Å²) in [6, 6.07) is 11.4. The Morgan fingerprint density at radius 2 is 1.06 bits per heavy atom. The van der Waals surface area contributed by atoms with Crippen molar-refractivity contribution in [3.05, 3.63) is 42.7 Å². The summed E-state index contributed by atoms with van der Waals surface area (Å²) in [5.74, 6) is 0. The maximum Gasteiger partial charge on any atom is 0.106 e. The van der Waals surface area contributed by atoms with Crippen molar-refractivity contribution < 1.29 is 0 Å². The van der Waals surface area contributed by atoms with Gasteiger partial charge in [-0.25, -0.2) is 0 Å². The molecule has 1 aliphatic rings. The molecule has 33 heavy (non-hydrogen) atoms. The number of unbranched alkanes of at least 4 members (excludes halogenated alkanes) is 16. The van der Waals surface area contributed by atoms with E-state index in [0.29, 0.717) is 12.2 Å². The molecule has 0 aromatic heterocycles. The van der Waals surface area contributed by atoms with Crippen LogP contribution in [0.4, 0.5) is 5.69 Å². The van der Waals surface area contributed by atoms with Gasteiger partial charge in [0.05, 0.1) is 0 Å². The molecule has 1 aromatic rings. The molecule has 0 fully saturated rings. The van der Waals surface area contributed by atoms with E-state index in [0.717, 1.165) is 0 Å². The molecule has 2 rings (SSSR count). The summed E-state index contributed by atoms with van der Waals surface area (Å²) >= 11 is 0. The number of hydrogen-bond acceptors (Lipinski definition) is 2. The van der Waals surface area contributed by atoms with Crippen LogP contribution in [0.3, 0.4) is 0 Å². The monoisotopic (exact) mass is 454 g/mol. The lowest BCUT2D eigenvalue weighted by Crippen LogP contribution is -2.42. The fourth-order valence-corrected chi connectivity index (χ4v) is 5.21. The van der Waals surface area contributed by atoms with Crippen LogP contribution in [0.25, 0.3) is 0 Å². The molecule has 1 aliphatic heterocycles. The minimum atomic E-state index is 0.476. The highest BCUT2D eigenvalue weighted by molar-refractivity contribution is 5.51. The fraction of sp³-hybridized carbons (Fsp3) is 0.742. The second-order valence-electron chi connectivity index (χ2n) is 10.5. The van der Waals surface area contributed by atoms with Crippen LogP contribution in [0.1, 0.15) is 136 Å². The van der Waals surface area contributed by atoms with Gasteiger partial charge >= 0.3 is 0 Å². The maximum absolute atomic E-state index is 2.53. The van der Waals surface area contributed by atoms with Crippen molar-refractivity contribution in [2.75, 3.05) is 4.90 Å².